The number of oxazole rings is 1. The number of fused-ring (bicyclic) bond motifs is 1. The lowest BCUT2D eigenvalue weighted by Gasteiger charge is -1.96. The Morgan fingerprint density at radius 1 is 1.39 bits per heavy atom. The van der Waals surface area contributed by atoms with E-state index in [1.54, 1.807) is 17.4 Å². The Morgan fingerprint density at radius 3 is 3.00 bits per heavy atom. The minimum absolute atomic E-state index is 0.468. The van der Waals surface area contributed by atoms with Gasteiger partial charge in [0.05, 0.1) is 12.2 Å². The maximum Gasteiger partial charge on any atom is 0.296 e. The lowest BCUT2D eigenvalue weighted by Crippen LogP contribution is -1.98. The molecular weight excluding hydrogens is 248 g/mol. The molecule has 0 atom stereocenters. The van der Waals surface area contributed by atoms with Crippen molar-refractivity contribution >= 4 is 34.1 Å². The molecule has 0 saturated carbocycles. The van der Waals surface area contributed by atoms with Gasteiger partial charge in [0.25, 0.3) is 6.01 Å². The summed E-state index contributed by atoms with van der Waals surface area (Å²) in [6, 6.07) is 5.96. The molecule has 0 aliphatic rings. The second kappa shape index (κ2) is 4.30. The van der Waals surface area contributed by atoms with Crippen molar-refractivity contribution in [1.82, 2.24) is 9.97 Å². The molecule has 0 amide bonds. The van der Waals surface area contributed by atoms with E-state index in [1.807, 2.05) is 24.4 Å². The summed E-state index contributed by atoms with van der Waals surface area (Å²) in [5.41, 5.74) is 8.84. The Balaban J connectivity index is 1.81. The van der Waals surface area contributed by atoms with Crippen molar-refractivity contribution in [3.8, 4) is 0 Å². The monoisotopic (exact) mass is 260 g/mol. The number of benzene rings is 1. The Hall–Kier alpha value is -2.08. The minimum Gasteiger partial charge on any atom is -0.423 e. The lowest BCUT2D eigenvalue weighted by molar-refractivity contribution is 0.614. The Labute approximate surface area is 108 Å². The van der Waals surface area contributed by atoms with Gasteiger partial charge in [-0.15, -0.1) is 11.3 Å². The van der Waals surface area contributed by atoms with Crippen molar-refractivity contribution in [1.29, 1.82) is 0 Å². The van der Waals surface area contributed by atoms with Crippen LogP contribution >= 0.6 is 11.3 Å². The molecule has 3 aromatic rings. The molecule has 2 aromatic heterocycles. The second-order valence-corrected chi connectivity index (χ2v) is 4.89. The summed E-state index contributed by atoms with van der Waals surface area (Å²) in [4.78, 5) is 8.67. The summed E-state index contributed by atoms with van der Waals surface area (Å²) in [6.07, 6.45) is 0. The molecule has 92 valence electrons. The highest BCUT2D eigenvalue weighted by Gasteiger charge is 2.08. The minimum atomic E-state index is 0.468. The molecule has 18 heavy (non-hydrogen) atoms. The second-order valence-electron chi connectivity index (χ2n) is 3.95. The van der Waals surface area contributed by atoms with Gasteiger partial charge in [0.1, 0.15) is 10.5 Å². The molecular formula is C12H12N4OS. The van der Waals surface area contributed by atoms with Gasteiger partial charge in [0, 0.05) is 11.1 Å². The number of nitrogens with one attached hydrogen (secondary N) is 1. The third-order valence-electron chi connectivity index (χ3n) is 2.51. The molecule has 0 bridgehead atoms. The van der Waals surface area contributed by atoms with Gasteiger partial charge in [-0.1, -0.05) is 6.07 Å². The van der Waals surface area contributed by atoms with Crippen molar-refractivity contribution in [3.05, 3.63) is 34.3 Å². The summed E-state index contributed by atoms with van der Waals surface area (Å²) in [7, 11) is 0. The molecule has 0 aliphatic carbocycles. The van der Waals surface area contributed by atoms with E-state index in [4.69, 9.17) is 10.2 Å². The number of nitrogens with zero attached hydrogens (tertiary/aromatic N) is 2. The van der Waals surface area contributed by atoms with E-state index < -0.39 is 0 Å². The molecule has 0 fully saturated rings. The topological polar surface area (TPSA) is 77.0 Å². The number of rotatable bonds is 3. The van der Waals surface area contributed by atoms with Crippen LogP contribution in [0.25, 0.3) is 11.1 Å². The van der Waals surface area contributed by atoms with Crippen LogP contribution in [0.2, 0.25) is 0 Å². The molecule has 1 aromatic carbocycles. The Kier molecular flexibility index (Phi) is 2.64. The number of anilines is 2. The zero-order valence-corrected chi connectivity index (χ0v) is 10.6. The van der Waals surface area contributed by atoms with Crippen molar-refractivity contribution in [2.45, 2.75) is 13.5 Å². The lowest BCUT2D eigenvalue weighted by atomic mass is 10.3. The fraction of sp³-hybridized carbons (Fsp3) is 0.167. The highest BCUT2D eigenvalue weighted by Crippen LogP contribution is 2.24. The molecule has 0 saturated heterocycles. The van der Waals surface area contributed by atoms with E-state index in [2.05, 4.69) is 15.3 Å². The zero-order valence-electron chi connectivity index (χ0n) is 9.80. The van der Waals surface area contributed by atoms with Crippen LogP contribution in [0.4, 0.5) is 11.7 Å². The number of para-hydroxylation sites is 1. The van der Waals surface area contributed by atoms with Gasteiger partial charge < -0.3 is 15.5 Å². The van der Waals surface area contributed by atoms with Crippen molar-refractivity contribution in [2.75, 3.05) is 11.1 Å². The molecule has 0 spiro atoms. The quantitative estimate of drug-likeness (QED) is 0.708. The summed E-state index contributed by atoms with van der Waals surface area (Å²) < 4.78 is 5.55. The van der Waals surface area contributed by atoms with Crippen LogP contribution in [-0.2, 0) is 6.54 Å². The summed E-state index contributed by atoms with van der Waals surface area (Å²) in [6.45, 7) is 2.57. The molecule has 2 heterocycles. The van der Waals surface area contributed by atoms with E-state index in [0.29, 0.717) is 29.3 Å². The number of hydrogen-bond donors (Lipinski definition) is 2. The number of nitrogen functional groups attached to an aromatic ring is 1. The van der Waals surface area contributed by atoms with Crippen molar-refractivity contribution in [3.63, 3.8) is 0 Å². The van der Waals surface area contributed by atoms with Gasteiger partial charge in [0.2, 0.25) is 0 Å². The van der Waals surface area contributed by atoms with Crippen LogP contribution in [0.1, 0.15) is 10.7 Å². The number of hydrogen-bond acceptors (Lipinski definition) is 6. The molecule has 3 rings (SSSR count). The Bertz CT molecular complexity index is 688. The molecule has 3 N–H and O–H groups in total. The third-order valence-corrected chi connectivity index (χ3v) is 3.47. The van der Waals surface area contributed by atoms with Crippen LogP contribution in [0.15, 0.2) is 28.0 Å². The number of aromatic nitrogens is 2. The number of nitrogens with two attached hydrogens (primary N) is 1. The Morgan fingerprint density at radius 2 is 2.28 bits per heavy atom. The normalized spacial score (nSPS) is 10.9. The van der Waals surface area contributed by atoms with E-state index in [0.717, 1.165) is 10.7 Å². The van der Waals surface area contributed by atoms with Gasteiger partial charge in [0.15, 0.2) is 5.58 Å². The zero-order chi connectivity index (χ0) is 12.5. The standard InChI is InChI=1S/C12H12N4OS/c1-7-6-18-10(15-7)5-14-12-16-11-8(13)3-2-4-9(11)17-12/h2-4,6H,5,13H2,1H3,(H,14,16). The van der Waals surface area contributed by atoms with Crippen molar-refractivity contribution < 1.29 is 4.42 Å². The average molecular weight is 260 g/mol. The average Bonchev–Trinajstić information content (AvgIpc) is 2.93. The van der Waals surface area contributed by atoms with E-state index in [-0.39, 0.29) is 0 Å². The van der Waals surface area contributed by atoms with E-state index >= 15 is 0 Å². The fourth-order valence-corrected chi connectivity index (χ4v) is 2.39. The highest BCUT2D eigenvalue weighted by molar-refractivity contribution is 7.09. The molecule has 5 nitrogen and oxygen atoms in total. The number of aryl methyl sites for hydroxylation is 1. The first-order valence-electron chi connectivity index (χ1n) is 5.52. The smallest absolute Gasteiger partial charge is 0.296 e. The third kappa shape index (κ3) is 2.02. The summed E-state index contributed by atoms with van der Waals surface area (Å²) >= 11 is 1.61. The summed E-state index contributed by atoms with van der Waals surface area (Å²) in [5, 5.41) is 6.12. The van der Waals surface area contributed by atoms with Crippen LogP contribution in [0.5, 0.6) is 0 Å². The number of thiazole rings is 1. The van der Waals surface area contributed by atoms with Crippen LogP contribution in [0.3, 0.4) is 0 Å². The maximum absolute atomic E-state index is 5.82. The molecule has 0 aliphatic heterocycles. The first-order chi connectivity index (χ1) is 8.72. The van der Waals surface area contributed by atoms with Gasteiger partial charge in [-0.3, -0.25) is 0 Å². The largest absolute Gasteiger partial charge is 0.423 e. The van der Waals surface area contributed by atoms with Gasteiger partial charge in [-0.2, -0.15) is 4.98 Å². The molecule has 0 radical (unpaired) electrons. The van der Waals surface area contributed by atoms with E-state index in [9.17, 15) is 0 Å². The van der Waals surface area contributed by atoms with E-state index in [1.165, 1.54) is 0 Å². The van der Waals surface area contributed by atoms with Crippen LogP contribution < -0.4 is 11.1 Å². The first-order valence-corrected chi connectivity index (χ1v) is 6.40. The van der Waals surface area contributed by atoms with Crippen molar-refractivity contribution in [2.24, 2.45) is 0 Å². The summed E-state index contributed by atoms with van der Waals surface area (Å²) in [5.74, 6) is 0. The predicted octanol–water partition coefficient (Wildman–Crippen LogP) is 2.79. The SMILES string of the molecule is Cc1csc(CNc2nc3c(N)cccc3o2)n1. The predicted molar refractivity (Wildman–Crippen MR) is 72.6 cm³/mol. The fourth-order valence-electron chi connectivity index (χ4n) is 1.68. The highest BCUT2D eigenvalue weighted by atomic mass is 32.1. The van der Waals surface area contributed by atoms with Gasteiger partial charge in [-0.25, -0.2) is 4.98 Å². The van der Waals surface area contributed by atoms with Gasteiger partial charge in [-0.05, 0) is 19.1 Å². The maximum atomic E-state index is 5.82. The van der Waals surface area contributed by atoms with Gasteiger partial charge >= 0.3 is 0 Å². The first kappa shape index (κ1) is 11.0. The molecule has 6 heteroatoms. The van der Waals surface area contributed by atoms with Crippen LogP contribution in [-0.4, -0.2) is 9.97 Å². The van der Waals surface area contributed by atoms with Crippen LogP contribution in [0, 0.1) is 6.92 Å². The molecule has 0 unspecified atom stereocenters.